The van der Waals surface area contributed by atoms with E-state index in [0.717, 1.165) is 19.1 Å². The van der Waals surface area contributed by atoms with Crippen molar-refractivity contribution < 1.29 is 4.74 Å². The van der Waals surface area contributed by atoms with Gasteiger partial charge in [-0.3, -0.25) is 0 Å². The molecule has 0 N–H and O–H groups in total. The van der Waals surface area contributed by atoms with Gasteiger partial charge >= 0.3 is 0 Å². The molecule has 1 saturated heterocycles. The minimum absolute atomic E-state index is 0.620. The van der Waals surface area contributed by atoms with Crippen molar-refractivity contribution in [3.8, 4) is 0 Å². The predicted octanol–water partition coefficient (Wildman–Crippen LogP) is 3.83. The number of ether oxygens (including phenoxy) is 1. The normalized spacial score (nSPS) is 25.8. The summed E-state index contributed by atoms with van der Waals surface area (Å²) in [6, 6.07) is 6.89. The average molecular weight is 267 g/mol. The summed E-state index contributed by atoms with van der Waals surface area (Å²) in [6.45, 7) is 1.82. The lowest BCUT2D eigenvalue weighted by molar-refractivity contribution is 0.194. The number of hydrogen-bond acceptors (Lipinski definition) is 1. The van der Waals surface area contributed by atoms with Gasteiger partial charge in [0.15, 0.2) is 0 Å². The fraction of sp³-hybridized carbons (Fsp3) is 0.538. The van der Waals surface area contributed by atoms with E-state index in [0.29, 0.717) is 5.92 Å². The van der Waals surface area contributed by atoms with Gasteiger partial charge < -0.3 is 4.74 Å². The molecule has 1 aliphatic carbocycles. The fourth-order valence-electron chi connectivity index (χ4n) is 2.32. The second-order valence-electron chi connectivity index (χ2n) is 4.62. The topological polar surface area (TPSA) is 9.23 Å². The first kappa shape index (κ1) is 9.86. The second kappa shape index (κ2) is 3.91. The molecule has 1 heterocycles. The van der Waals surface area contributed by atoms with E-state index in [1.54, 1.807) is 0 Å². The highest BCUT2D eigenvalue weighted by atomic mass is 79.9. The summed E-state index contributed by atoms with van der Waals surface area (Å²) in [7, 11) is 0. The summed E-state index contributed by atoms with van der Waals surface area (Å²) in [4.78, 5) is 0. The van der Waals surface area contributed by atoms with Gasteiger partial charge in [0.2, 0.25) is 0 Å². The van der Waals surface area contributed by atoms with Crippen LogP contribution in [0.25, 0.3) is 0 Å². The van der Waals surface area contributed by atoms with E-state index in [1.807, 2.05) is 0 Å². The van der Waals surface area contributed by atoms with Crippen molar-refractivity contribution in [2.75, 3.05) is 13.2 Å². The molecule has 1 atom stereocenters. The molecule has 0 aromatic heterocycles. The zero-order valence-electron chi connectivity index (χ0n) is 8.71. The lowest BCUT2D eigenvalue weighted by Gasteiger charge is -2.10. The zero-order chi connectivity index (χ0) is 10.3. The van der Waals surface area contributed by atoms with E-state index in [4.69, 9.17) is 4.74 Å². The van der Waals surface area contributed by atoms with Gasteiger partial charge in [-0.2, -0.15) is 0 Å². The van der Waals surface area contributed by atoms with Crippen molar-refractivity contribution in [1.29, 1.82) is 0 Å². The Bertz CT molecular complexity index is 365. The highest BCUT2D eigenvalue weighted by Gasteiger charge is 2.26. The van der Waals surface area contributed by atoms with Crippen LogP contribution in [-0.2, 0) is 4.74 Å². The monoisotopic (exact) mass is 266 g/mol. The Morgan fingerprint density at radius 1 is 1.13 bits per heavy atom. The lowest BCUT2D eigenvalue weighted by Crippen LogP contribution is -1.98. The van der Waals surface area contributed by atoms with Crippen molar-refractivity contribution in [2.45, 2.75) is 31.1 Å². The van der Waals surface area contributed by atoms with Gasteiger partial charge in [-0.15, -0.1) is 0 Å². The van der Waals surface area contributed by atoms with Gasteiger partial charge in [0.05, 0.1) is 6.61 Å². The third-order valence-electron chi connectivity index (χ3n) is 3.44. The molecule has 0 radical (unpaired) electrons. The first-order valence-corrected chi connectivity index (χ1v) is 6.51. The van der Waals surface area contributed by atoms with Crippen LogP contribution in [0.5, 0.6) is 0 Å². The van der Waals surface area contributed by atoms with Gasteiger partial charge in [0.1, 0.15) is 0 Å². The van der Waals surface area contributed by atoms with Crippen LogP contribution in [0.2, 0.25) is 0 Å². The summed E-state index contributed by atoms with van der Waals surface area (Å²) >= 11 is 3.69. The summed E-state index contributed by atoms with van der Waals surface area (Å²) in [5, 5.41) is 0. The maximum Gasteiger partial charge on any atom is 0.0535 e. The summed E-state index contributed by atoms with van der Waals surface area (Å²) in [6.07, 6.45) is 3.91. The fourth-order valence-corrected chi connectivity index (χ4v) is 3.04. The van der Waals surface area contributed by atoms with Gasteiger partial charge in [0, 0.05) is 17.0 Å². The number of rotatable bonds is 2. The third kappa shape index (κ3) is 1.98. The molecular formula is C13H15BrO. The Morgan fingerprint density at radius 3 is 2.60 bits per heavy atom. The van der Waals surface area contributed by atoms with Crippen molar-refractivity contribution in [3.63, 3.8) is 0 Å². The third-order valence-corrected chi connectivity index (χ3v) is 4.13. The highest BCUT2D eigenvalue weighted by Crippen LogP contribution is 2.44. The molecule has 1 aromatic carbocycles. The lowest BCUT2D eigenvalue weighted by atomic mass is 9.96. The van der Waals surface area contributed by atoms with E-state index in [2.05, 4.69) is 34.1 Å². The number of hydrogen-bond donors (Lipinski definition) is 0. The van der Waals surface area contributed by atoms with Crippen LogP contribution in [0.15, 0.2) is 22.7 Å². The van der Waals surface area contributed by atoms with Gasteiger partial charge in [0.25, 0.3) is 0 Å². The molecule has 80 valence electrons. The van der Waals surface area contributed by atoms with Gasteiger partial charge in [-0.05, 0) is 42.4 Å². The van der Waals surface area contributed by atoms with Crippen molar-refractivity contribution in [2.24, 2.45) is 0 Å². The van der Waals surface area contributed by atoms with Crippen LogP contribution >= 0.6 is 15.9 Å². The molecule has 1 aliphatic heterocycles. The molecule has 15 heavy (non-hydrogen) atoms. The Balaban J connectivity index is 1.87. The molecule has 0 amide bonds. The summed E-state index contributed by atoms with van der Waals surface area (Å²) in [5.74, 6) is 1.45. The number of halogens is 1. The predicted molar refractivity (Wildman–Crippen MR) is 64.3 cm³/mol. The molecule has 0 spiro atoms. The van der Waals surface area contributed by atoms with Crippen LogP contribution in [0, 0.1) is 0 Å². The van der Waals surface area contributed by atoms with E-state index in [9.17, 15) is 0 Å². The van der Waals surface area contributed by atoms with E-state index < -0.39 is 0 Å². The molecule has 2 aliphatic rings. The molecule has 1 unspecified atom stereocenters. The van der Waals surface area contributed by atoms with Crippen molar-refractivity contribution >= 4 is 15.9 Å². The van der Waals surface area contributed by atoms with E-state index >= 15 is 0 Å². The summed E-state index contributed by atoms with van der Waals surface area (Å²) < 4.78 is 6.73. The standard InChI is InChI=1S/C13H15BrO/c14-13-7-10(11-5-6-15-8-11)3-4-12(13)9-1-2-9/h3-4,7,9,11H,1-2,5-6,8H2. The summed E-state index contributed by atoms with van der Waals surface area (Å²) in [5.41, 5.74) is 2.93. The van der Waals surface area contributed by atoms with E-state index in [-0.39, 0.29) is 0 Å². The minimum Gasteiger partial charge on any atom is -0.381 e. The number of benzene rings is 1. The Kier molecular flexibility index (Phi) is 2.57. The highest BCUT2D eigenvalue weighted by molar-refractivity contribution is 9.10. The molecule has 1 saturated carbocycles. The molecule has 3 rings (SSSR count). The maximum atomic E-state index is 5.43. The average Bonchev–Trinajstić information content (AvgIpc) is 2.93. The van der Waals surface area contributed by atoms with Gasteiger partial charge in [-0.25, -0.2) is 0 Å². The van der Waals surface area contributed by atoms with Crippen molar-refractivity contribution in [3.05, 3.63) is 33.8 Å². The van der Waals surface area contributed by atoms with E-state index in [1.165, 1.54) is 34.9 Å². The van der Waals surface area contributed by atoms with Gasteiger partial charge in [-0.1, -0.05) is 28.1 Å². The molecule has 0 bridgehead atoms. The Morgan fingerprint density at radius 2 is 2.00 bits per heavy atom. The largest absolute Gasteiger partial charge is 0.381 e. The quantitative estimate of drug-likeness (QED) is 0.791. The molecule has 1 aromatic rings. The molecule has 2 heteroatoms. The second-order valence-corrected chi connectivity index (χ2v) is 5.47. The Hall–Kier alpha value is -0.340. The van der Waals surface area contributed by atoms with Crippen molar-refractivity contribution in [1.82, 2.24) is 0 Å². The molecule has 2 fully saturated rings. The van der Waals surface area contributed by atoms with Crippen LogP contribution < -0.4 is 0 Å². The van der Waals surface area contributed by atoms with Crippen LogP contribution in [0.3, 0.4) is 0 Å². The first-order valence-electron chi connectivity index (χ1n) is 5.71. The molecule has 1 nitrogen and oxygen atoms in total. The first-order chi connectivity index (χ1) is 7.34. The maximum absolute atomic E-state index is 5.43. The van der Waals surface area contributed by atoms with Crippen LogP contribution in [-0.4, -0.2) is 13.2 Å². The van der Waals surface area contributed by atoms with Crippen LogP contribution in [0.1, 0.15) is 42.2 Å². The molecular weight excluding hydrogens is 252 g/mol. The zero-order valence-corrected chi connectivity index (χ0v) is 10.3. The van der Waals surface area contributed by atoms with Crippen LogP contribution in [0.4, 0.5) is 0 Å². The Labute approximate surface area is 99.0 Å². The SMILES string of the molecule is Brc1cc(C2CCOC2)ccc1C1CC1. The minimum atomic E-state index is 0.620. The smallest absolute Gasteiger partial charge is 0.0535 e.